The van der Waals surface area contributed by atoms with Crippen LogP contribution in [0, 0.1) is 0 Å². The standard InChI is InChI=1S/C34H51FN5O5P/c1-2-3-4-5-6-7-8-9-10-11-12-13-14-15-16-20-23-43-46(41,45-28-21-18-17-19-22-28)27-42-30-24-29(35)34(44-30)40-26-39-31-32(36)37-25-38-33(31)40/h17-19,21-22,24-26,30,34H,2-16,20,23,27H2,1H3,(H2,36,37,38). The first-order chi connectivity index (χ1) is 22.5. The van der Waals surface area contributed by atoms with E-state index in [4.69, 9.17) is 24.3 Å². The monoisotopic (exact) mass is 659 g/mol. The largest absolute Gasteiger partial charge is 0.423 e. The van der Waals surface area contributed by atoms with E-state index in [1.54, 1.807) is 24.3 Å². The molecule has 0 fully saturated rings. The Bertz CT molecular complexity index is 1370. The second kappa shape index (κ2) is 19.7. The molecule has 0 amide bonds. The first kappa shape index (κ1) is 36.0. The molecule has 2 aromatic heterocycles. The van der Waals surface area contributed by atoms with Crippen molar-refractivity contribution in [1.82, 2.24) is 19.5 Å². The number of nitrogen functional groups attached to an aromatic ring is 1. The second-order valence-corrected chi connectivity index (χ2v) is 13.9. The summed E-state index contributed by atoms with van der Waals surface area (Å²) >= 11 is 0. The van der Waals surface area contributed by atoms with Gasteiger partial charge >= 0.3 is 7.60 Å². The molecule has 3 unspecified atom stereocenters. The Morgan fingerprint density at radius 1 is 0.870 bits per heavy atom. The lowest BCUT2D eigenvalue weighted by Gasteiger charge is -2.21. The summed E-state index contributed by atoms with van der Waals surface area (Å²) in [6, 6.07) is 8.80. The van der Waals surface area contributed by atoms with Crippen molar-refractivity contribution in [3.05, 3.63) is 54.9 Å². The molecule has 254 valence electrons. The van der Waals surface area contributed by atoms with E-state index in [1.165, 1.54) is 107 Å². The van der Waals surface area contributed by atoms with Crippen LogP contribution >= 0.6 is 7.60 Å². The number of benzene rings is 1. The molecule has 0 spiro atoms. The van der Waals surface area contributed by atoms with Crippen molar-refractivity contribution in [3.63, 3.8) is 0 Å². The topological polar surface area (TPSA) is 124 Å². The Morgan fingerprint density at radius 3 is 2.11 bits per heavy atom. The zero-order valence-corrected chi connectivity index (χ0v) is 28.1. The van der Waals surface area contributed by atoms with E-state index in [0.29, 0.717) is 16.9 Å². The Kier molecular flexibility index (Phi) is 15.4. The van der Waals surface area contributed by atoms with Gasteiger partial charge in [-0.2, -0.15) is 0 Å². The van der Waals surface area contributed by atoms with Gasteiger partial charge in [-0.1, -0.05) is 121 Å². The molecule has 12 heteroatoms. The predicted molar refractivity (Wildman–Crippen MR) is 179 cm³/mol. The van der Waals surface area contributed by atoms with Crippen molar-refractivity contribution < 1.29 is 27.5 Å². The van der Waals surface area contributed by atoms with E-state index in [9.17, 15) is 8.96 Å². The first-order valence-electron chi connectivity index (χ1n) is 17.0. The van der Waals surface area contributed by atoms with Gasteiger partial charge in [0.05, 0.1) is 12.9 Å². The lowest BCUT2D eigenvalue weighted by Crippen LogP contribution is -2.18. The quantitative estimate of drug-likeness (QED) is 0.0739. The van der Waals surface area contributed by atoms with E-state index in [-0.39, 0.29) is 12.4 Å². The number of nitrogens with two attached hydrogens (primary N) is 1. The molecule has 0 aliphatic carbocycles. The highest BCUT2D eigenvalue weighted by Gasteiger charge is 2.35. The number of anilines is 1. The van der Waals surface area contributed by atoms with Crippen molar-refractivity contribution in [2.45, 2.75) is 122 Å². The summed E-state index contributed by atoms with van der Waals surface area (Å²) in [5.74, 6) is -0.0238. The van der Waals surface area contributed by atoms with Gasteiger partial charge < -0.3 is 19.7 Å². The summed E-state index contributed by atoms with van der Waals surface area (Å²) in [6.45, 7) is 2.54. The third kappa shape index (κ3) is 11.7. The van der Waals surface area contributed by atoms with Gasteiger partial charge in [0.25, 0.3) is 0 Å². The minimum atomic E-state index is -3.74. The normalized spacial score (nSPS) is 17.7. The maximum Gasteiger partial charge on any atom is 0.404 e. The zero-order chi connectivity index (χ0) is 32.5. The van der Waals surface area contributed by atoms with Gasteiger partial charge in [-0.25, -0.2) is 23.9 Å². The highest BCUT2D eigenvalue weighted by atomic mass is 31.2. The van der Waals surface area contributed by atoms with Gasteiger partial charge in [0, 0.05) is 6.08 Å². The van der Waals surface area contributed by atoms with Gasteiger partial charge in [0.2, 0.25) is 0 Å². The Labute approximate surface area is 272 Å². The number of para-hydroxylation sites is 1. The smallest absolute Gasteiger partial charge is 0.404 e. The van der Waals surface area contributed by atoms with Gasteiger partial charge in [-0.05, 0) is 18.6 Å². The number of hydrogen-bond donors (Lipinski definition) is 1. The van der Waals surface area contributed by atoms with Crippen LogP contribution in [0.2, 0.25) is 0 Å². The summed E-state index contributed by atoms with van der Waals surface area (Å²) < 4.78 is 53.1. The third-order valence-corrected chi connectivity index (χ3v) is 9.63. The Balaban J connectivity index is 1.13. The minimum absolute atomic E-state index is 0.180. The van der Waals surface area contributed by atoms with E-state index < -0.39 is 32.3 Å². The number of fused-ring (bicyclic) bond motifs is 1. The lowest BCUT2D eigenvalue weighted by atomic mass is 10.0. The van der Waals surface area contributed by atoms with Crippen LogP contribution in [0.5, 0.6) is 5.75 Å². The molecule has 4 rings (SSSR count). The molecule has 0 radical (unpaired) electrons. The zero-order valence-electron chi connectivity index (χ0n) is 27.2. The molecular formula is C34H51FN5O5P. The van der Waals surface area contributed by atoms with Gasteiger partial charge in [0.15, 0.2) is 36.2 Å². The van der Waals surface area contributed by atoms with Crippen LogP contribution in [0.1, 0.15) is 116 Å². The molecule has 0 saturated carbocycles. The molecule has 1 aliphatic rings. The van der Waals surface area contributed by atoms with E-state index in [2.05, 4.69) is 21.9 Å². The van der Waals surface area contributed by atoms with Crippen LogP contribution in [-0.4, -0.2) is 38.8 Å². The van der Waals surface area contributed by atoms with Crippen molar-refractivity contribution >= 4 is 24.6 Å². The highest BCUT2D eigenvalue weighted by Crippen LogP contribution is 2.49. The molecule has 0 bridgehead atoms. The predicted octanol–water partition coefficient (Wildman–Crippen LogP) is 9.64. The molecule has 2 N–H and O–H groups in total. The Morgan fingerprint density at radius 2 is 1.48 bits per heavy atom. The molecule has 0 saturated heterocycles. The average molecular weight is 660 g/mol. The number of halogens is 1. The van der Waals surface area contributed by atoms with Crippen LogP contribution in [0.4, 0.5) is 10.2 Å². The van der Waals surface area contributed by atoms with E-state index in [1.807, 2.05) is 6.07 Å². The number of nitrogens with zero attached hydrogens (tertiary/aromatic N) is 4. The van der Waals surface area contributed by atoms with Gasteiger partial charge in [0.1, 0.15) is 17.6 Å². The molecule has 46 heavy (non-hydrogen) atoms. The number of aromatic nitrogens is 4. The van der Waals surface area contributed by atoms with E-state index in [0.717, 1.165) is 19.3 Å². The summed E-state index contributed by atoms with van der Waals surface area (Å²) in [5, 5.41) is 0. The molecule has 3 heterocycles. The molecular weight excluding hydrogens is 608 g/mol. The third-order valence-electron chi connectivity index (χ3n) is 8.10. The fourth-order valence-corrected chi connectivity index (χ4v) is 6.88. The number of ether oxygens (including phenoxy) is 2. The van der Waals surface area contributed by atoms with Crippen LogP contribution in [0.25, 0.3) is 11.2 Å². The second-order valence-electron chi connectivity index (χ2n) is 11.9. The average Bonchev–Trinajstić information content (AvgIpc) is 3.65. The van der Waals surface area contributed by atoms with Crippen molar-refractivity contribution in [3.8, 4) is 5.75 Å². The van der Waals surface area contributed by atoms with Crippen LogP contribution in [-0.2, 0) is 18.6 Å². The van der Waals surface area contributed by atoms with Crippen molar-refractivity contribution in [1.29, 1.82) is 0 Å². The summed E-state index contributed by atoms with van der Waals surface area (Å²) in [5.41, 5.74) is 6.51. The van der Waals surface area contributed by atoms with Gasteiger partial charge in [-0.15, -0.1) is 0 Å². The molecule has 3 aromatic rings. The maximum atomic E-state index is 14.9. The molecule has 3 atom stereocenters. The van der Waals surface area contributed by atoms with E-state index >= 15 is 0 Å². The fraction of sp³-hybridized carbons (Fsp3) is 0.618. The number of imidazole rings is 1. The maximum absolute atomic E-state index is 14.9. The number of rotatable bonds is 24. The molecule has 1 aromatic carbocycles. The summed E-state index contributed by atoms with van der Waals surface area (Å²) in [4.78, 5) is 12.2. The van der Waals surface area contributed by atoms with Gasteiger partial charge in [-0.3, -0.25) is 9.09 Å². The SMILES string of the molecule is CCCCCCCCCCCCCCCCCCOP(=O)(COC1C=C(F)C(n2cnc3c(N)ncnc32)O1)Oc1ccccc1. The fourth-order valence-electron chi connectivity index (χ4n) is 5.52. The van der Waals surface area contributed by atoms with Crippen LogP contribution in [0.15, 0.2) is 54.9 Å². The molecule has 1 aliphatic heterocycles. The van der Waals surface area contributed by atoms with Crippen LogP contribution in [0.3, 0.4) is 0 Å². The Hall–Kier alpha value is -2.85. The first-order valence-corrected chi connectivity index (χ1v) is 18.8. The summed E-state index contributed by atoms with van der Waals surface area (Å²) in [7, 11) is -3.74. The van der Waals surface area contributed by atoms with Crippen molar-refractivity contribution in [2.24, 2.45) is 0 Å². The van der Waals surface area contributed by atoms with Crippen LogP contribution < -0.4 is 10.3 Å². The molecule has 10 nitrogen and oxygen atoms in total. The summed E-state index contributed by atoms with van der Waals surface area (Å²) in [6.07, 6.45) is 21.4. The minimum Gasteiger partial charge on any atom is -0.423 e. The number of hydrogen-bond acceptors (Lipinski definition) is 9. The lowest BCUT2D eigenvalue weighted by molar-refractivity contribution is -0.130. The highest BCUT2D eigenvalue weighted by molar-refractivity contribution is 7.54. The number of unbranched alkanes of at least 4 members (excludes halogenated alkanes) is 15. The van der Waals surface area contributed by atoms with Crippen molar-refractivity contribution in [2.75, 3.05) is 18.7 Å².